The van der Waals surface area contributed by atoms with Crippen LogP contribution in [0.5, 0.6) is 0 Å². The van der Waals surface area contributed by atoms with E-state index in [1.54, 1.807) is 0 Å². The van der Waals surface area contributed by atoms with E-state index in [1.165, 1.54) is 25.7 Å². The highest BCUT2D eigenvalue weighted by Gasteiger charge is 2.51. The topological polar surface area (TPSA) is 52.1 Å². The zero-order valence-corrected chi connectivity index (χ0v) is 26.6. The molecule has 2 rings (SSSR count). The molecule has 8 heteroatoms. The van der Waals surface area contributed by atoms with Crippen molar-refractivity contribution in [3.8, 4) is 0 Å². The molecule has 2 aliphatic rings. The Morgan fingerprint density at radius 3 is 1.39 bits per heavy atom. The van der Waals surface area contributed by atoms with Gasteiger partial charge < -0.3 is 9.88 Å². The van der Waals surface area contributed by atoms with E-state index in [2.05, 4.69) is 117 Å². The Morgan fingerprint density at radius 1 is 0.667 bits per heavy atom. The highest BCUT2D eigenvalue weighted by Crippen LogP contribution is 2.40. The molecule has 0 radical (unpaired) electrons. The van der Waals surface area contributed by atoms with Crippen LogP contribution in [0.4, 0.5) is 0 Å². The van der Waals surface area contributed by atoms with Crippen LogP contribution < -0.4 is 10.5 Å². The molecule has 0 aliphatic carbocycles. The average Bonchev–Trinajstić information content (AvgIpc) is 2.54. The second kappa shape index (κ2) is 10.5. The molecule has 0 bridgehead atoms. The van der Waals surface area contributed by atoms with Crippen molar-refractivity contribution in [2.45, 2.75) is 176 Å². The van der Waals surface area contributed by atoms with Crippen molar-refractivity contribution >= 4 is 20.2 Å². The van der Waals surface area contributed by atoms with Gasteiger partial charge in [-0.3, -0.25) is 19.8 Å². The molecule has 0 atom stereocenters. The maximum Gasteiger partial charge on any atom is 0.547 e. The Kier molecular flexibility index (Phi) is 9.27. The van der Waals surface area contributed by atoms with Crippen LogP contribution in [-0.4, -0.2) is 63.1 Å². The Bertz CT molecular complexity index is 748. The van der Waals surface area contributed by atoms with E-state index in [1.807, 2.05) is 6.92 Å². The largest absolute Gasteiger partial charge is 0.547 e. The van der Waals surface area contributed by atoms with Crippen LogP contribution in [0, 0.1) is 0 Å². The summed E-state index contributed by atoms with van der Waals surface area (Å²) in [5, 5.41) is 7.62. The number of hydrogen-bond acceptors (Lipinski definition) is 6. The lowest BCUT2D eigenvalue weighted by Crippen LogP contribution is -2.72. The minimum absolute atomic E-state index is 0.0187. The first kappa shape index (κ1) is 31.7. The monoisotopic (exact) mass is 503 g/mol. The van der Waals surface area contributed by atoms with Gasteiger partial charge in [-0.1, -0.05) is 0 Å². The summed E-state index contributed by atoms with van der Waals surface area (Å²) < 4.78 is 6.81. The van der Waals surface area contributed by atoms with Crippen LogP contribution in [-0.2, 0) is 4.65 Å². The van der Waals surface area contributed by atoms with Crippen molar-refractivity contribution in [2.75, 3.05) is 0 Å². The van der Waals surface area contributed by atoms with E-state index in [9.17, 15) is 0 Å². The van der Waals surface area contributed by atoms with E-state index < -0.39 is 0 Å². The fourth-order valence-corrected chi connectivity index (χ4v) is 6.75. The van der Waals surface area contributed by atoms with Gasteiger partial charge in [-0.15, -0.1) is 0 Å². The Morgan fingerprint density at radius 2 is 1.03 bits per heavy atom. The van der Waals surface area contributed by atoms with Crippen molar-refractivity contribution < 1.29 is 4.65 Å². The standard InChI is InChI=1S/C28H59B2N5O/c1-22(31-29(32-23(2,3)4)34-25(8,9)18-16-19-26(34,10)11)36-30(33-24(5,6)7)35-27(12,13)20-17-21-28(35,14)15/h32-33H,16-21H2,1-15H3/b31-22+. The number of nitrogens with one attached hydrogen (secondary N) is 2. The van der Waals surface area contributed by atoms with Gasteiger partial charge in [0.25, 0.3) is 0 Å². The molecule has 0 spiro atoms. The average molecular weight is 503 g/mol. The highest BCUT2D eigenvalue weighted by molar-refractivity contribution is 6.54. The molecular weight excluding hydrogens is 444 g/mol. The summed E-state index contributed by atoms with van der Waals surface area (Å²) in [6, 6.07) is 0. The summed E-state index contributed by atoms with van der Waals surface area (Å²) in [6.45, 7) is 34.2. The van der Waals surface area contributed by atoms with Crippen molar-refractivity contribution in [3.63, 3.8) is 0 Å². The van der Waals surface area contributed by atoms with Crippen LogP contribution in [0.25, 0.3) is 0 Å². The van der Waals surface area contributed by atoms with Crippen molar-refractivity contribution in [3.05, 3.63) is 0 Å². The van der Waals surface area contributed by atoms with E-state index in [0.717, 1.165) is 12.8 Å². The molecule has 6 nitrogen and oxygen atoms in total. The number of piperidine rings is 2. The second-order valence-electron chi connectivity index (χ2n) is 16.0. The third-order valence-corrected chi connectivity index (χ3v) is 7.95. The minimum Gasteiger partial charge on any atom is -0.523 e. The molecule has 2 heterocycles. The van der Waals surface area contributed by atoms with Crippen LogP contribution in [0.15, 0.2) is 4.90 Å². The van der Waals surface area contributed by atoms with Gasteiger partial charge in [-0.05, 0) is 135 Å². The fourth-order valence-electron chi connectivity index (χ4n) is 6.75. The smallest absolute Gasteiger partial charge is 0.523 e. The van der Waals surface area contributed by atoms with Gasteiger partial charge in [-0.25, -0.2) is 0 Å². The van der Waals surface area contributed by atoms with E-state index in [4.69, 9.17) is 9.56 Å². The maximum absolute atomic E-state index is 6.81. The van der Waals surface area contributed by atoms with Crippen LogP contribution in [0.1, 0.15) is 142 Å². The van der Waals surface area contributed by atoms with Gasteiger partial charge in [-0.2, -0.15) is 0 Å². The first-order chi connectivity index (χ1) is 16.0. The van der Waals surface area contributed by atoms with Crippen molar-refractivity contribution in [1.29, 1.82) is 0 Å². The van der Waals surface area contributed by atoms with Gasteiger partial charge in [0.15, 0.2) is 5.90 Å². The van der Waals surface area contributed by atoms with Gasteiger partial charge in [0, 0.05) is 40.2 Å². The molecule has 36 heavy (non-hydrogen) atoms. The molecule has 2 aliphatic heterocycles. The SMILES string of the molecule is C/C(=N\B(NC(C)(C)C)N1C(C)(C)CCCC1(C)C)OB(NC(C)(C)C)N1C(C)(C)CCCC1(C)C. The Hall–Kier alpha value is -0.560. The summed E-state index contributed by atoms with van der Waals surface area (Å²) in [5.74, 6) is 0.716. The summed E-state index contributed by atoms with van der Waals surface area (Å²) in [7, 11) is -0.440. The Balaban J connectivity index is 2.49. The van der Waals surface area contributed by atoms with Gasteiger partial charge >= 0.3 is 14.3 Å². The highest BCUT2D eigenvalue weighted by atomic mass is 16.5. The lowest BCUT2D eigenvalue weighted by molar-refractivity contribution is 0.0318. The quantitative estimate of drug-likeness (QED) is 0.255. The molecule has 2 fully saturated rings. The summed E-state index contributed by atoms with van der Waals surface area (Å²) in [6.07, 6.45) is 7.12. The molecular formula is C28H59B2N5O. The fraction of sp³-hybridized carbons (Fsp3) is 0.964. The minimum atomic E-state index is -0.267. The maximum atomic E-state index is 6.81. The molecule has 0 amide bonds. The second-order valence-corrected chi connectivity index (χ2v) is 16.0. The van der Waals surface area contributed by atoms with Crippen LogP contribution in [0.2, 0.25) is 0 Å². The van der Waals surface area contributed by atoms with Gasteiger partial charge in [0.05, 0.1) is 0 Å². The van der Waals surface area contributed by atoms with Crippen molar-refractivity contribution in [2.24, 2.45) is 4.90 Å². The lowest BCUT2D eigenvalue weighted by atomic mass is 9.69. The van der Waals surface area contributed by atoms with E-state index in [0.29, 0.717) is 5.90 Å². The normalized spacial score (nSPS) is 24.9. The molecule has 0 unspecified atom stereocenters. The molecule has 2 N–H and O–H groups in total. The van der Waals surface area contributed by atoms with E-state index in [-0.39, 0.29) is 47.5 Å². The molecule has 208 valence electrons. The Labute approximate surface area is 225 Å². The number of nitrogens with zero attached hydrogens (tertiary/aromatic N) is 3. The molecule has 0 saturated carbocycles. The third kappa shape index (κ3) is 8.22. The first-order valence-corrected chi connectivity index (χ1v) is 14.3. The first-order valence-electron chi connectivity index (χ1n) is 14.3. The zero-order chi connectivity index (χ0) is 28.0. The number of rotatable bonds is 6. The predicted octanol–water partition coefficient (Wildman–Crippen LogP) is 6.25. The van der Waals surface area contributed by atoms with Crippen molar-refractivity contribution in [1.82, 2.24) is 20.1 Å². The summed E-state index contributed by atoms with van der Waals surface area (Å²) >= 11 is 0. The third-order valence-electron chi connectivity index (χ3n) is 7.95. The van der Waals surface area contributed by atoms with Gasteiger partial charge in [0.2, 0.25) is 0 Å². The number of hydrogen-bond donors (Lipinski definition) is 2. The molecule has 2 saturated heterocycles. The predicted molar refractivity (Wildman–Crippen MR) is 159 cm³/mol. The molecule has 0 aromatic carbocycles. The summed E-state index contributed by atoms with van der Waals surface area (Å²) in [5.41, 5.74) is -0.0785. The van der Waals surface area contributed by atoms with E-state index >= 15 is 0 Å². The molecule has 0 aromatic rings. The van der Waals surface area contributed by atoms with Gasteiger partial charge in [0.1, 0.15) is 0 Å². The van der Waals surface area contributed by atoms with Crippen LogP contribution >= 0.6 is 0 Å². The summed E-state index contributed by atoms with van der Waals surface area (Å²) in [4.78, 5) is 10.4. The molecule has 0 aromatic heterocycles. The zero-order valence-electron chi connectivity index (χ0n) is 26.6. The van der Waals surface area contributed by atoms with Crippen LogP contribution in [0.3, 0.4) is 0 Å². The lowest BCUT2D eigenvalue weighted by Gasteiger charge is -2.55.